The zero-order valence-corrected chi connectivity index (χ0v) is 27.6. The molecule has 3 N–H and O–H groups in total. The van der Waals surface area contributed by atoms with Crippen molar-refractivity contribution in [1.82, 2.24) is 0 Å². The van der Waals surface area contributed by atoms with Crippen molar-refractivity contribution < 1.29 is 195 Å². The van der Waals surface area contributed by atoms with Crippen molar-refractivity contribution in [1.29, 1.82) is 0 Å². The van der Waals surface area contributed by atoms with Gasteiger partial charge in [-0.15, -0.1) is 0 Å². The summed E-state index contributed by atoms with van der Waals surface area (Å²) in [6.07, 6.45) is 0.0451. The number of hydrogen-bond acceptors (Lipinski definition) is 4. The molecule has 1 atom stereocenters. The van der Waals surface area contributed by atoms with Crippen molar-refractivity contribution in [3.63, 3.8) is 0 Å². The van der Waals surface area contributed by atoms with E-state index < -0.39 is 34.9 Å². The Bertz CT molecular complexity index is 939. The first-order valence-electron chi connectivity index (χ1n) is 7.59. The van der Waals surface area contributed by atoms with Crippen LogP contribution < -0.4 is 159 Å². The van der Waals surface area contributed by atoms with Crippen molar-refractivity contribution in [3.05, 3.63) is 59.9 Å². The fourth-order valence-corrected chi connectivity index (χ4v) is 4.77. The summed E-state index contributed by atoms with van der Waals surface area (Å²) < 4.78 is 61.1. The summed E-state index contributed by atoms with van der Waals surface area (Å²) in [6.45, 7) is 0. The van der Waals surface area contributed by atoms with E-state index >= 15 is 0 Å². The van der Waals surface area contributed by atoms with Crippen LogP contribution in [0.25, 0.3) is 0 Å². The molecule has 0 heterocycles. The molecule has 1 unspecified atom stereocenters. The first-order valence-corrected chi connectivity index (χ1v) is 10.8. The molecule has 13 heteroatoms. The van der Waals surface area contributed by atoms with Crippen LogP contribution in [-0.2, 0) is 21.1 Å². The topological polar surface area (TPSA) is 121 Å². The van der Waals surface area contributed by atoms with Gasteiger partial charge in [-0.3, -0.25) is 9.12 Å². The van der Waals surface area contributed by atoms with Crippen LogP contribution in [0.3, 0.4) is 0 Å². The number of aryl methyl sites for hydroxylation is 1. The summed E-state index contributed by atoms with van der Waals surface area (Å²) in [5, 5.41) is 0. The molecule has 0 aliphatic heterocycles. The van der Waals surface area contributed by atoms with Crippen LogP contribution >= 0.6 is 7.60 Å². The van der Waals surface area contributed by atoms with Gasteiger partial charge in [-0.2, -0.15) is 8.42 Å². The zero-order chi connectivity index (χ0) is 19.4. The number of rotatable bonds is 8. The van der Waals surface area contributed by atoms with Gasteiger partial charge in [0.25, 0.3) is 10.1 Å². The smallest absolute Gasteiger partial charge is 1.00 e. The minimum absolute atomic E-state index is 0. The number of hydrogen-bond donors (Lipinski definition) is 3. The van der Waals surface area contributed by atoms with E-state index in [2.05, 4.69) is 0 Å². The van der Waals surface area contributed by atoms with Crippen LogP contribution in [0, 0.1) is 5.82 Å². The first kappa shape index (κ1) is 34.3. The van der Waals surface area contributed by atoms with Crippen LogP contribution in [0.4, 0.5) is 4.39 Å². The van der Waals surface area contributed by atoms with Gasteiger partial charge in [-0.05, 0) is 49.1 Å². The van der Waals surface area contributed by atoms with E-state index in [4.69, 9.17) is 19.1 Å². The van der Waals surface area contributed by atoms with E-state index in [0.29, 0.717) is 17.9 Å². The molecule has 7 nitrogen and oxygen atoms in total. The molecule has 0 saturated heterocycles. The Morgan fingerprint density at radius 1 is 1.03 bits per heavy atom. The van der Waals surface area contributed by atoms with Gasteiger partial charge in [0.1, 0.15) is 17.3 Å². The standard InChI is InChI=1S/C16H18FO7PS.3K.3H/c17-13-6-3-8-15(11-13)24-14-7-1-4-12(10-14)5-2-9-16(25(18,19)20)26(21,22)23;;;;;;/h1,3-4,6-8,10-11,16H,2,5,9H2,(H2,18,19,20)(H,21,22,23);;;;;;/q;3*+1;3*-1. The molecule has 0 radical (unpaired) electrons. The Morgan fingerprint density at radius 2 is 1.59 bits per heavy atom. The summed E-state index contributed by atoms with van der Waals surface area (Å²) in [7, 11) is -9.83. The second-order valence-corrected chi connectivity index (χ2v) is 9.41. The SMILES string of the molecule is O=P(O)(O)C(CCCc1cccc(Oc2cccc(F)c2)c1)S(=O)(=O)O.[H-].[H-].[H-].[K+].[K+].[K+]. The molecule has 29 heavy (non-hydrogen) atoms. The Morgan fingerprint density at radius 3 is 2.10 bits per heavy atom. The van der Waals surface area contributed by atoms with E-state index in [9.17, 15) is 17.4 Å². The fourth-order valence-electron chi connectivity index (χ4n) is 2.40. The van der Waals surface area contributed by atoms with Gasteiger partial charge in [0, 0.05) is 6.07 Å². The predicted molar refractivity (Wildman–Crippen MR) is 96.6 cm³/mol. The third-order valence-electron chi connectivity index (χ3n) is 3.57. The molecule has 0 aliphatic carbocycles. The van der Waals surface area contributed by atoms with Gasteiger partial charge in [-0.1, -0.05) is 18.2 Å². The van der Waals surface area contributed by atoms with Gasteiger partial charge >= 0.3 is 162 Å². The van der Waals surface area contributed by atoms with E-state index in [1.54, 1.807) is 30.3 Å². The monoisotopic (exact) mass is 524 g/mol. The molecule has 0 spiro atoms. The van der Waals surface area contributed by atoms with Crippen LogP contribution in [0.1, 0.15) is 22.7 Å². The molecular formula is C16H21FK3O7PS. The molecular weight excluding hydrogens is 504 g/mol. The van der Waals surface area contributed by atoms with E-state index in [1.807, 2.05) is 0 Å². The second-order valence-electron chi connectivity index (χ2n) is 5.66. The molecule has 0 amide bonds. The van der Waals surface area contributed by atoms with Crippen molar-refractivity contribution in [3.8, 4) is 11.5 Å². The fraction of sp³-hybridized carbons (Fsp3) is 0.250. The van der Waals surface area contributed by atoms with Gasteiger partial charge in [0.15, 0.2) is 4.99 Å². The average Bonchev–Trinajstić information content (AvgIpc) is 2.49. The van der Waals surface area contributed by atoms with E-state index in [1.165, 1.54) is 18.2 Å². The average molecular weight is 525 g/mol. The third kappa shape index (κ3) is 13.0. The van der Waals surface area contributed by atoms with Crippen LogP contribution in [0.2, 0.25) is 0 Å². The molecule has 2 rings (SSSR count). The summed E-state index contributed by atoms with van der Waals surface area (Å²) >= 11 is 0. The zero-order valence-electron chi connectivity index (χ0n) is 19.5. The van der Waals surface area contributed by atoms with E-state index in [-0.39, 0.29) is 165 Å². The molecule has 2 aromatic rings. The molecule has 148 valence electrons. The van der Waals surface area contributed by atoms with Gasteiger partial charge < -0.3 is 18.8 Å². The normalized spacial score (nSPS) is 12.0. The molecule has 2 aromatic carbocycles. The second kappa shape index (κ2) is 15.9. The van der Waals surface area contributed by atoms with E-state index in [0.717, 1.165) is 5.56 Å². The molecule has 0 aliphatic rings. The minimum atomic E-state index is -4.98. The summed E-state index contributed by atoms with van der Waals surface area (Å²) in [6, 6.07) is 12.3. The number of ether oxygens (including phenoxy) is 1. The minimum Gasteiger partial charge on any atom is -1.00 e. The summed E-state index contributed by atoms with van der Waals surface area (Å²) in [5.41, 5.74) is 0.735. The largest absolute Gasteiger partial charge is 1.00 e. The van der Waals surface area contributed by atoms with Gasteiger partial charge in [-0.25, -0.2) is 4.39 Å². The number of halogens is 1. The molecule has 0 fully saturated rings. The number of benzene rings is 2. The van der Waals surface area contributed by atoms with Crippen LogP contribution in [0.15, 0.2) is 48.5 Å². The third-order valence-corrected chi connectivity index (χ3v) is 7.12. The molecule has 0 bridgehead atoms. The molecule has 0 saturated carbocycles. The molecule has 0 aromatic heterocycles. The van der Waals surface area contributed by atoms with Gasteiger partial charge in [0.2, 0.25) is 0 Å². The summed E-state index contributed by atoms with van der Waals surface area (Å²) in [4.78, 5) is 16.0. The summed E-state index contributed by atoms with van der Waals surface area (Å²) in [5.74, 6) is 0.317. The van der Waals surface area contributed by atoms with Crippen molar-refractivity contribution in [2.24, 2.45) is 0 Å². The Labute approximate surface area is 301 Å². The maximum absolute atomic E-state index is 13.2. The quantitative estimate of drug-likeness (QED) is 0.179. The van der Waals surface area contributed by atoms with Crippen molar-refractivity contribution in [2.45, 2.75) is 24.3 Å². The predicted octanol–water partition coefficient (Wildman–Crippen LogP) is -5.32. The maximum atomic E-state index is 13.2. The van der Waals surface area contributed by atoms with Gasteiger partial charge in [0.05, 0.1) is 0 Å². The van der Waals surface area contributed by atoms with Crippen LogP contribution in [-0.4, -0.2) is 27.7 Å². The Balaban J connectivity index is -0.000000405. The first-order chi connectivity index (χ1) is 12.1. The Kier molecular flexibility index (Phi) is 18.8. The maximum Gasteiger partial charge on any atom is 1.00 e. The van der Waals surface area contributed by atoms with Crippen molar-refractivity contribution in [2.75, 3.05) is 0 Å². The van der Waals surface area contributed by atoms with Crippen LogP contribution in [0.5, 0.6) is 11.5 Å². The van der Waals surface area contributed by atoms with Crippen molar-refractivity contribution >= 4 is 17.7 Å². The Hall–Kier alpha value is 3.14.